The predicted molar refractivity (Wildman–Crippen MR) is 64.1 cm³/mol. The second-order valence-electron chi connectivity index (χ2n) is 3.37. The first-order valence-electron chi connectivity index (χ1n) is 5.21. The Bertz CT molecular complexity index is 353. The molecule has 0 bridgehead atoms. The predicted octanol–water partition coefficient (Wildman–Crippen LogP) is 4.10. The first-order chi connectivity index (χ1) is 6.74. The van der Waals surface area contributed by atoms with Crippen LogP contribution >= 0.6 is 0 Å². The fourth-order valence-electron chi connectivity index (χ4n) is 1.74. The first kappa shape index (κ1) is 10.8. The van der Waals surface area contributed by atoms with Crippen molar-refractivity contribution in [3.05, 3.63) is 35.7 Å². The number of hydrogen-bond donors (Lipinski definition) is 0. The Labute approximate surface area is 86.8 Å². The fourth-order valence-corrected chi connectivity index (χ4v) is 1.74. The lowest BCUT2D eigenvalue weighted by Crippen LogP contribution is -2.00. The van der Waals surface area contributed by atoms with Gasteiger partial charge >= 0.3 is 0 Å². The topological polar surface area (TPSA) is 4.93 Å². The summed E-state index contributed by atoms with van der Waals surface area (Å²) < 4.78 is 2.31. The van der Waals surface area contributed by atoms with E-state index in [4.69, 9.17) is 0 Å². The minimum absolute atomic E-state index is 1.07. The van der Waals surface area contributed by atoms with E-state index in [1.165, 1.54) is 17.1 Å². The van der Waals surface area contributed by atoms with Crippen molar-refractivity contribution in [3.63, 3.8) is 0 Å². The van der Waals surface area contributed by atoms with E-state index in [2.05, 4.69) is 55.7 Å². The second-order valence-corrected chi connectivity index (χ2v) is 3.37. The zero-order chi connectivity index (χ0) is 10.6. The van der Waals surface area contributed by atoms with Crippen LogP contribution in [0.5, 0.6) is 0 Å². The van der Waals surface area contributed by atoms with Crippen LogP contribution in [0.4, 0.5) is 0 Å². The van der Waals surface area contributed by atoms with Crippen LogP contribution in [0.15, 0.2) is 24.3 Å². The summed E-state index contributed by atoms with van der Waals surface area (Å²) in [5, 5.41) is 0. The number of allylic oxidation sites excluding steroid dienone is 3. The van der Waals surface area contributed by atoms with Crippen LogP contribution in [-0.2, 0) is 0 Å². The highest BCUT2D eigenvalue weighted by molar-refractivity contribution is 5.57. The van der Waals surface area contributed by atoms with Crippen LogP contribution in [0, 0.1) is 6.92 Å². The van der Waals surface area contributed by atoms with Crippen molar-refractivity contribution in [1.29, 1.82) is 0 Å². The SMILES string of the molecule is C/C=C\c1ccc(C)n1/C(=C\C)CC. The second kappa shape index (κ2) is 4.85. The summed E-state index contributed by atoms with van der Waals surface area (Å²) in [4.78, 5) is 0. The molecule has 0 atom stereocenters. The van der Waals surface area contributed by atoms with Gasteiger partial charge in [0.2, 0.25) is 0 Å². The van der Waals surface area contributed by atoms with Crippen LogP contribution in [0.25, 0.3) is 11.8 Å². The van der Waals surface area contributed by atoms with Gasteiger partial charge in [0, 0.05) is 17.1 Å². The molecular formula is C13H19N. The van der Waals surface area contributed by atoms with Crippen LogP contribution in [0.1, 0.15) is 38.6 Å². The Morgan fingerprint density at radius 3 is 2.57 bits per heavy atom. The molecule has 0 aliphatic heterocycles. The lowest BCUT2D eigenvalue weighted by Gasteiger charge is -2.11. The Hall–Kier alpha value is -1.24. The highest BCUT2D eigenvalue weighted by Crippen LogP contribution is 2.19. The molecule has 1 heterocycles. The van der Waals surface area contributed by atoms with Crippen molar-refractivity contribution < 1.29 is 0 Å². The quantitative estimate of drug-likeness (QED) is 0.674. The van der Waals surface area contributed by atoms with Gasteiger partial charge in [0.25, 0.3) is 0 Å². The molecule has 1 aromatic rings. The molecule has 1 aromatic heterocycles. The molecule has 0 saturated heterocycles. The monoisotopic (exact) mass is 189 g/mol. The lowest BCUT2D eigenvalue weighted by molar-refractivity contribution is 0.963. The van der Waals surface area contributed by atoms with Crippen LogP contribution < -0.4 is 0 Å². The summed E-state index contributed by atoms with van der Waals surface area (Å²) in [6.07, 6.45) is 7.47. The molecule has 0 spiro atoms. The van der Waals surface area contributed by atoms with Gasteiger partial charge in [0.15, 0.2) is 0 Å². The molecule has 1 nitrogen and oxygen atoms in total. The molecule has 0 aliphatic carbocycles. The normalized spacial score (nSPS) is 12.7. The Balaban J connectivity index is 3.23. The van der Waals surface area contributed by atoms with Crippen LogP contribution in [0.2, 0.25) is 0 Å². The van der Waals surface area contributed by atoms with E-state index in [-0.39, 0.29) is 0 Å². The van der Waals surface area contributed by atoms with E-state index in [1.54, 1.807) is 0 Å². The van der Waals surface area contributed by atoms with Crippen molar-refractivity contribution >= 4 is 11.8 Å². The number of aryl methyl sites for hydroxylation is 1. The summed E-state index contributed by atoms with van der Waals surface area (Å²) in [5.74, 6) is 0. The van der Waals surface area contributed by atoms with E-state index in [9.17, 15) is 0 Å². The summed E-state index contributed by atoms with van der Waals surface area (Å²) in [6, 6.07) is 4.32. The minimum atomic E-state index is 1.07. The molecule has 0 fully saturated rings. The van der Waals surface area contributed by atoms with Crippen LogP contribution in [0.3, 0.4) is 0 Å². The largest absolute Gasteiger partial charge is 0.319 e. The molecule has 0 N–H and O–H groups in total. The number of hydrogen-bond acceptors (Lipinski definition) is 0. The molecule has 0 unspecified atom stereocenters. The molecule has 1 rings (SSSR count). The summed E-state index contributed by atoms with van der Waals surface area (Å²) in [6.45, 7) is 8.48. The van der Waals surface area contributed by atoms with E-state index in [0.717, 1.165) is 6.42 Å². The van der Waals surface area contributed by atoms with Gasteiger partial charge in [-0.3, -0.25) is 0 Å². The van der Waals surface area contributed by atoms with Gasteiger partial charge in [-0.25, -0.2) is 0 Å². The average Bonchev–Trinajstić information content (AvgIpc) is 2.53. The molecule has 0 aromatic carbocycles. The molecular weight excluding hydrogens is 170 g/mol. The van der Waals surface area contributed by atoms with Gasteiger partial charge in [0.1, 0.15) is 0 Å². The summed E-state index contributed by atoms with van der Waals surface area (Å²) >= 11 is 0. The van der Waals surface area contributed by atoms with Crippen LogP contribution in [-0.4, -0.2) is 4.57 Å². The molecule has 0 aliphatic rings. The molecule has 0 radical (unpaired) electrons. The maximum atomic E-state index is 2.31. The van der Waals surface area contributed by atoms with Crippen molar-refractivity contribution in [2.24, 2.45) is 0 Å². The van der Waals surface area contributed by atoms with Gasteiger partial charge in [-0.15, -0.1) is 0 Å². The van der Waals surface area contributed by atoms with Gasteiger partial charge in [-0.05, 0) is 45.4 Å². The molecule has 0 amide bonds. The summed E-state index contributed by atoms with van der Waals surface area (Å²) in [5.41, 5.74) is 3.92. The van der Waals surface area contributed by atoms with E-state index in [0.29, 0.717) is 0 Å². The molecule has 1 heteroatoms. The van der Waals surface area contributed by atoms with Crippen molar-refractivity contribution in [2.45, 2.75) is 34.1 Å². The highest BCUT2D eigenvalue weighted by atomic mass is 15.0. The third-order valence-electron chi connectivity index (χ3n) is 2.43. The molecule has 0 saturated carbocycles. The first-order valence-corrected chi connectivity index (χ1v) is 5.21. The fraction of sp³-hybridized carbons (Fsp3) is 0.385. The number of nitrogens with zero attached hydrogens (tertiary/aromatic N) is 1. The molecule has 14 heavy (non-hydrogen) atoms. The Morgan fingerprint density at radius 2 is 2.07 bits per heavy atom. The van der Waals surface area contributed by atoms with Gasteiger partial charge < -0.3 is 4.57 Å². The zero-order valence-electron chi connectivity index (χ0n) is 9.54. The standard InChI is InChI=1S/C13H19N/c1-5-8-13-10-9-11(4)14(13)12(6-2)7-3/h5-6,8-10H,7H2,1-4H3/b8-5-,12-6-. The van der Waals surface area contributed by atoms with Crippen molar-refractivity contribution in [3.8, 4) is 0 Å². The Morgan fingerprint density at radius 1 is 1.36 bits per heavy atom. The maximum absolute atomic E-state index is 2.31. The Kier molecular flexibility index (Phi) is 3.75. The van der Waals surface area contributed by atoms with Crippen molar-refractivity contribution in [2.75, 3.05) is 0 Å². The van der Waals surface area contributed by atoms with E-state index in [1.807, 2.05) is 6.92 Å². The third-order valence-corrected chi connectivity index (χ3v) is 2.43. The minimum Gasteiger partial charge on any atom is -0.319 e. The van der Waals surface area contributed by atoms with Gasteiger partial charge in [-0.2, -0.15) is 0 Å². The number of aromatic nitrogens is 1. The zero-order valence-corrected chi connectivity index (χ0v) is 9.54. The molecule has 76 valence electrons. The maximum Gasteiger partial charge on any atom is 0.0452 e. The number of rotatable bonds is 3. The third kappa shape index (κ3) is 1.98. The van der Waals surface area contributed by atoms with E-state index < -0.39 is 0 Å². The summed E-state index contributed by atoms with van der Waals surface area (Å²) in [7, 11) is 0. The van der Waals surface area contributed by atoms with Crippen molar-refractivity contribution in [1.82, 2.24) is 4.57 Å². The van der Waals surface area contributed by atoms with E-state index >= 15 is 0 Å². The van der Waals surface area contributed by atoms with Gasteiger partial charge in [0.05, 0.1) is 0 Å². The average molecular weight is 189 g/mol. The van der Waals surface area contributed by atoms with Gasteiger partial charge in [-0.1, -0.05) is 19.1 Å². The lowest BCUT2D eigenvalue weighted by atomic mass is 10.3. The highest BCUT2D eigenvalue weighted by Gasteiger charge is 2.04. The smallest absolute Gasteiger partial charge is 0.0452 e.